The van der Waals surface area contributed by atoms with Crippen molar-refractivity contribution in [1.82, 2.24) is 9.88 Å². The second-order valence-electron chi connectivity index (χ2n) is 4.22. The molecule has 0 radical (unpaired) electrons. The number of hydrogen-bond acceptors (Lipinski definition) is 4. The summed E-state index contributed by atoms with van der Waals surface area (Å²) in [5.41, 5.74) is 0. The maximum absolute atomic E-state index is 13.5. The van der Waals surface area contributed by atoms with Crippen LogP contribution in [0.15, 0.2) is 16.7 Å². The molecular weight excluding hydrogens is 301 g/mol. The number of anilines is 1. The Morgan fingerprint density at radius 1 is 1.44 bits per heavy atom. The van der Waals surface area contributed by atoms with E-state index in [4.69, 9.17) is 4.74 Å². The highest BCUT2D eigenvalue weighted by atomic mass is 79.9. The van der Waals surface area contributed by atoms with Gasteiger partial charge < -0.3 is 10.1 Å². The second kappa shape index (κ2) is 7.01. The van der Waals surface area contributed by atoms with E-state index in [1.807, 2.05) is 0 Å². The zero-order chi connectivity index (χ0) is 12.8. The first kappa shape index (κ1) is 13.7. The molecule has 1 N–H and O–H groups in total. The molecule has 1 fully saturated rings. The van der Waals surface area contributed by atoms with Gasteiger partial charge in [-0.25, -0.2) is 9.37 Å². The van der Waals surface area contributed by atoms with Crippen LogP contribution >= 0.6 is 15.9 Å². The molecule has 0 aliphatic carbocycles. The zero-order valence-electron chi connectivity index (χ0n) is 10.2. The van der Waals surface area contributed by atoms with Gasteiger partial charge in [0.15, 0.2) is 11.6 Å². The lowest BCUT2D eigenvalue weighted by atomic mass is 10.3. The van der Waals surface area contributed by atoms with Gasteiger partial charge in [-0.05, 0) is 35.0 Å². The normalized spacial score (nSPS) is 16.8. The smallest absolute Gasteiger partial charge is 0.166 e. The lowest BCUT2D eigenvalue weighted by molar-refractivity contribution is 0.0378. The summed E-state index contributed by atoms with van der Waals surface area (Å²) in [4.78, 5) is 6.35. The van der Waals surface area contributed by atoms with E-state index in [0.29, 0.717) is 10.3 Å². The largest absolute Gasteiger partial charge is 0.379 e. The summed E-state index contributed by atoms with van der Waals surface area (Å²) in [5, 5.41) is 3.01. The number of rotatable bonds is 5. The van der Waals surface area contributed by atoms with Crippen molar-refractivity contribution >= 4 is 21.7 Å². The van der Waals surface area contributed by atoms with Crippen LogP contribution in [-0.4, -0.2) is 49.3 Å². The molecule has 18 heavy (non-hydrogen) atoms. The third-order valence-corrected chi connectivity index (χ3v) is 3.29. The van der Waals surface area contributed by atoms with Gasteiger partial charge in [-0.2, -0.15) is 0 Å². The Bertz CT molecular complexity index is 386. The molecule has 0 bridgehead atoms. The maximum Gasteiger partial charge on any atom is 0.166 e. The van der Waals surface area contributed by atoms with Crippen molar-refractivity contribution in [3.63, 3.8) is 0 Å². The molecule has 1 aromatic heterocycles. The fraction of sp³-hybridized carbons (Fsp3) is 0.583. The van der Waals surface area contributed by atoms with Gasteiger partial charge in [0.05, 0.1) is 13.2 Å². The van der Waals surface area contributed by atoms with Gasteiger partial charge in [-0.1, -0.05) is 0 Å². The standard InChI is InChI=1S/C12H17BrFN3O/c13-10-8-11(14)12(16-9-10)15-2-1-3-17-4-6-18-7-5-17/h8-9H,1-7H2,(H,15,16). The van der Waals surface area contributed by atoms with E-state index in [9.17, 15) is 4.39 Å². The first-order valence-corrected chi connectivity index (χ1v) is 6.90. The monoisotopic (exact) mass is 317 g/mol. The lowest BCUT2D eigenvalue weighted by Gasteiger charge is -2.26. The number of morpholine rings is 1. The summed E-state index contributed by atoms with van der Waals surface area (Å²) in [6, 6.07) is 1.41. The number of halogens is 2. The van der Waals surface area contributed by atoms with Gasteiger partial charge in [0.25, 0.3) is 0 Å². The predicted octanol–water partition coefficient (Wildman–Crippen LogP) is 2.12. The third kappa shape index (κ3) is 4.19. The van der Waals surface area contributed by atoms with Crippen molar-refractivity contribution in [2.75, 3.05) is 44.7 Å². The summed E-state index contributed by atoms with van der Waals surface area (Å²) >= 11 is 3.18. The molecule has 2 heterocycles. The number of hydrogen-bond donors (Lipinski definition) is 1. The first-order valence-electron chi connectivity index (χ1n) is 6.11. The van der Waals surface area contributed by atoms with E-state index in [2.05, 4.69) is 31.1 Å². The van der Waals surface area contributed by atoms with Crippen molar-refractivity contribution in [1.29, 1.82) is 0 Å². The van der Waals surface area contributed by atoms with Crippen LogP contribution < -0.4 is 5.32 Å². The highest BCUT2D eigenvalue weighted by Gasteiger charge is 2.09. The summed E-state index contributed by atoms with van der Waals surface area (Å²) in [6.07, 6.45) is 2.56. The topological polar surface area (TPSA) is 37.4 Å². The molecule has 6 heteroatoms. The van der Waals surface area contributed by atoms with E-state index in [0.717, 1.165) is 45.8 Å². The molecule has 1 aliphatic rings. The van der Waals surface area contributed by atoms with Gasteiger partial charge in [-0.15, -0.1) is 0 Å². The Labute approximate surface area is 115 Å². The average molecular weight is 318 g/mol. The van der Waals surface area contributed by atoms with Crippen LogP contribution in [0.2, 0.25) is 0 Å². The quantitative estimate of drug-likeness (QED) is 0.844. The van der Waals surface area contributed by atoms with Crippen LogP contribution in [0.4, 0.5) is 10.2 Å². The van der Waals surface area contributed by atoms with Crippen LogP contribution in [0.1, 0.15) is 6.42 Å². The predicted molar refractivity (Wildman–Crippen MR) is 72.3 cm³/mol. The Morgan fingerprint density at radius 2 is 2.22 bits per heavy atom. The minimum absolute atomic E-state index is 0.320. The summed E-state index contributed by atoms with van der Waals surface area (Å²) < 4.78 is 19.4. The second-order valence-corrected chi connectivity index (χ2v) is 5.13. The van der Waals surface area contributed by atoms with Crippen molar-refractivity contribution in [3.8, 4) is 0 Å². The van der Waals surface area contributed by atoms with E-state index in [1.54, 1.807) is 6.20 Å². The van der Waals surface area contributed by atoms with Gasteiger partial charge in [0.2, 0.25) is 0 Å². The van der Waals surface area contributed by atoms with E-state index in [-0.39, 0.29) is 5.82 Å². The molecule has 0 aromatic carbocycles. The molecule has 1 saturated heterocycles. The van der Waals surface area contributed by atoms with Crippen molar-refractivity contribution in [2.45, 2.75) is 6.42 Å². The summed E-state index contributed by atoms with van der Waals surface area (Å²) in [6.45, 7) is 5.35. The molecule has 0 atom stereocenters. The Balaban J connectivity index is 1.68. The fourth-order valence-corrected chi connectivity index (χ4v) is 2.18. The van der Waals surface area contributed by atoms with Crippen molar-refractivity contribution in [2.24, 2.45) is 0 Å². The number of nitrogens with one attached hydrogen (secondary N) is 1. The number of aromatic nitrogens is 1. The molecule has 0 amide bonds. The van der Waals surface area contributed by atoms with Crippen LogP contribution in [-0.2, 0) is 4.74 Å². The summed E-state index contributed by atoms with van der Waals surface area (Å²) in [7, 11) is 0. The summed E-state index contributed by atoms with van der Waals surface area (Å²) in [5.74, 6) is -0.00377. The SMILES string of the molecule is Fc1cc(Br)cnc1NCCCN1CCOCC1. The van der Waals surface area contributed by atoms with Crippen LogP contribution in [0.3, 0.4) is 0 Å². The maximum atomic E-state index is 13.5. The van der Waals surface area contributed by atoms with Crippen LogP contribution in [0.25, 0.3) is 0 Å². The number of ether oxygens (including phenoxy) is 1. The average Bonchev–Trinajstić information content (AvgIpc) is 2.38. The van der Waals surface area contributed by atoms with Gasteiger partial charge in [0, 0.05) is 30.3 Å². The lowest BCUT2D eigenvalue weighted by Crippen LogP contribution is -2.37. The minimum atomic E-state index is -0.323. The van der Waals surface area contributed by atoms with Gasteiger partial charge in [0.1, 0.15) is 0 Å². The van der Waals surface area contributed by atoms with E-state index >= 15 is 0 Å². The van der Waals surface area contributed by atoms with Gasteiger partial charge >= 0.3 is 0 Å². The van der Waals surface area contributed by atoms with Crippen LogP contribution in [0, 0.1) is 5.82 Å². The molecular formula is C12H17BrFN3O. The Kier molecular flexibility index (Phi) is 5.34. The zero-order valence-corrected chi connectivity index (χ0v) is 11.7. The Morgan fingerprint density at radius 3 is 2.94 bits per heavy atom. The number of pyridine rings is 1. The van der Waals surface area contributed by atoms with Crippen LogP contribution in [0.5, 0.6) is 0 Å². The molecule has 0 unspecified atom stereocenters. The molecule has 1 aliphatic heterocycles. The minimum Gasteiger partial charge on any atom is -0.379 e. The molecule has 1 aromatic rings. The van der Waals surface area contributed by atoms with E-state index in [1.165, 1.54) is 6.07 Å². The molecule has 100 valence electrons. The number of nitrogens with zero attached hydrogens (tertiary/aromatic N) is 2. The van der Waals surface area contributed by atoms with Crippen molar-refractivity contribution in [3.05, 3.63) is 22.6 Å². The van der Waals surface area contributed by atoms with Crippen molar-refractivity contribution < 1.29 is 9.13 Å². The third-order valence-electron chi connectivity index (χ3n) is 2.86. The van der Waals surface area contributed by atoms with E-state index < -0.39 is 0 Å². The molecule has 2 rings (SSSR count). The fourth-order valence-electron chi connectivity index (χ4n) is 1.88. The van der Waals surface area contributed by atoms with Gasteiger partial charge in [-0.3, -0.25) is 4.90 Å². The molecule has 0 spiro atoms. The molecule has 4 nitrogen and oxygen atoms in total. The first-order chi connectivity index (χ1) is 8.75. The highest BCUT2D eigenvalue weighted by molar-refractivity contribution is 9.10. The molecule has 0 saturated carbocycles. The highest BCUT2D eigenvalue weighted by Crippen LogP contribution is 2.15. The Hall–Kier alpha value is -0.720.